The van der Waals surface area contributed by atoms with Crippen molar-refractivity contribution in [2.75, 3.05) is 19.1 Å². The van der Waals surface area contributed by atoms with Crippen LogP contribution in [0.2, 0.25) is 0 Å². The third-order valence-electron chi connectivity index (χ3n) is 2.74. The topological polar surface area (TPSA) is 74.2 Å². The maximum Gasteiger partial charge on any atom is 0.243 e. The number of benzene rings is 1. The highest BCUT2D eigenvalue weighted by Gasteiger charge is 2.17. The van der Waals surface area contributed by atoms with Crippen LogP contribution in [0.25, 0.3) is 11.4 Å². The summed E-state index contributed by atoms with van der Waals surface area (Å²) in [7, 11) is 1.62. The summed E-state index contributed by atoms with van der Waals surface area (Å²) in [5, 5.41) is 3.97. The van der Waals surface area contributed by atoms with Crippen LogP contribution in [-0.4, -0.2) is 29.3 Å². The Labute approximate surface area is 116 Å². The van der Waals surface area contributed by atoms with Crippen LogP contribution in [0.3, 0.4) is 0 Å². The van der Waals surface area contributed by atoms with Gasteiger partial charge in [-0.1, -0.05) is 17.3 Å². The Morgan fingerprint density at radius 1 is 1.42 bits per heavy atom. The van der Waals surface area contributed by atoms with Gasteiger partial charge in [-0.25, -0.2) is 0 Å². The van der Waals surface area contributed by atoms with Crippen molar-refractivity contribution in [2.24, 2.45) is 5.73 Å². The maximum atomic E-state index is 6.00. The smallest absolute Gasteiger partial charge is 0.243 e. The van der Waals surface area contributed by atoms with Crippen molar-refractivity contribution >= 4 is 11.8 Å². The van der Waals surface area contributed by atoms with Crippen LogP contribution in [0.4, 0.5) is 0 Å². The second-order valence-corrected chi connectivity index (χ2v) is 5.03. The molecule has 5 nitrogen and oxygen atoms in total. The van der Waals surface area contributed by atoms with Crippen molar-refractivity contribution in [3.8, 4) is 17.1 Å². The lowest BCUT2D eigenvalue weighted by Gasteiger charge is -2.04. The summed E-state index contributed by atoms with van der Waals surface area (Å²) in [5.41, 5.74) is 6.81. The summed E-state index contributed by atoms with van der Waals surface area (Å²) >= 11 is 1.74. The summed E-state index contributed by atoms with van der Waals surface area (Å²) in [5.74, 6) is 2.66. The third-order valence-corrected chi connectivity index (χ3v) is 3.38. The fourth-order valence-corrected chi connectivity index (χ4v) is 2.18. The molecule has 0 aliphatic rings. The molecule has 0 bridgehead atoms. The lowest BCUT2D eigenvalue weighted by molar-refractivity contribution is 0.352. The van der Waals surface area contributed by atoms with E-state index >= 15 is 0 Å². The minimum atomic E-state index is -0.219. The van der Waals surface area contributed by atoms with Crippen LogP contribution in [0.1, 0.15) is 18.4 Å². The molecular weight excluding hydrogens is 262 g/mol. The minimum Gasteiger partial charge on any atom is -0.496 e. The number of ether oxygens (including phenoxy) is 1. The molecule has 2 rings (SSSR count). The molecule has 0 fully saturated rings. The molecule has 0 saturated heterocycles. The Hall–Kier alpha value is -1.53. The second-order valence-electron chi connectivity index (χ2n) is 4.04. The van der Waals surface area contributed by atoms with E-state index in [4.69, 9.17) is 15.0 Å². The van der Waals surface area contributed by atoms with Gasteiger partial charge in [-0.05, 0) is 30.6 Å². The maximum absolute atomic E-state index is 6.00. The number of hydrogen-bond donors (Lipinski definition) is 1. The van der Waals surface area contributed by atoms with Crippen molar-refractivity contribution < 1.29 is 9.26 Å². The SMILES string of the molecule is COc1ccccc1-c1noc([C@@H](N)CCSC)n1. The molecule has 0 spiro atoms. The Kier molecular flexibility index (Phi) is 4.81. The highest BCUT2D eigenvalue weighted by Crippen LogP contribution is 2.28. The average Bonchev–Trinajstić information content (AvgIpc) is 2.94. The molecule has 2 N–H and O–H groups in total. The summed E-state index contributed by atoms with van der Waals surface area (Å²) < 4.78 is 10.5. The van der Waals surface area contributed by atoms with Gasteiger partial charge in [-0.3, -0.25) is 0 Å². The molecule has 1 aromatic heterocycles. The summed E-state index contributed by atoms with van der Waals surface area (Å²) in [6.45, 7) is 0. The number of rotatable bonds is 6. The van der Waals surface area contributed by atoms with Crippen LogP contribution in [-0.2, 0) is 0 Å². The first-order valence-corrected chi connectivity index (χ1v) is 7.37. The molecule has 6 heteroatoms. The van der Waals surface area contributed by atoms with Gasteiger partial charge in [0.1, 0.15) is 5.75 Å². The Bertz CT molecular complexity index is 530. The van der Waals surface area contributed by atoms with Crippen molar-refractivity contribution in [3.63, 3.8) is 0 Å². The highest BCUT2D eigenvalue weighted by atomic mass is 32.2. The quantitative estimate of drug-likeness (QED) is 0.875. The van der Waals surface area contributed by atoms with Gasteiger partial charge in [0.05, 0.1) is 18.7 Å². The molecule has 19 heavy (non-hydrogen) atoms. The normalized spacial score (nSPS) is 12.4. The molecule has 1 heterocycles. The zero-order valence-corrected chi connectivity index (χ0v) is 11.8. The van der Waals surface area contributed by atoms with E-state index < -0.39 is 0 Å². The van der Waals surface area contributed by atoms with Crippen LogP contribution in [0, 0.1) is 0 Å². The van der Waals surface area contributed by atoms with E-state index in [9.17, 15) is 0 Å². The van der Waals surface area contributed by atoms with E-state index in [0.29, 0.717) is 17.5 Å². The van der Waals surface area contributed by atoms with Crippen molar-refractivity contribution in [2.45, 2.75) is 12.5 Å². The Morgan fingerprint density at radius 2 is 2.21 bits per heavy atom. The van der Waals surface area contributed by atoms with Crippen molar-refractivity contribution in [1.82, 2.24) is 10.1 Å². The number of para-hydroxylation sites is 1. The van der Waals surface area contributed by atoms with Gasteiger partial charge in [0.15, 0.2) is 0 Å². The minimum absolute atomic E-state index is 0.219. The van der Waals surface area contributed by atoms with Gasteiger partial charge in [0.2, 0.25) is 11.7 Å². The first-order valence-electron chi connectivity index (χ1n) is 5.97. The predicted octanol–water partition coefficient (Wildman–Crippen LogP) is 2.50. The largest absolute Gasteiger partial charge is 0.496 e. The summed E-state index contributed by atoms with van der Waals surface area (Å²) in [6, 6.07) is 7.33. The van der Waals surface area contributed by atoms with E-state index in [-0.39, 0.29) is 6.04 Å². The number of methoxy groups -OCH3 is 1. The molecule has 0 aliphatic carbocycles. The van der Waals surface area contributed by atoms with Crippen molar-refractivity contribution in [1.29, 1.82) is 0 Å². The zero-order chi connectivity index (χ0) is 13.7. The van der Waals surface area contributed by atoms with Crippen LogP contribution < -0.4 is 10.5 Å². The zero-order valence-electron chi connectivity index (χ0n) is 11.0. The van der Waals surface area contributed by atoms with E-state index in [0.717, 1.165) is 17.7 Å². The van der Waals surface area contributed by atoms with Crippen LogP contribution in [0.15, 0.2) is 28.8 Å². The van der Waals surface area contributed by atoms with Gasteiger partial charge in [0.25, 0.3) is 0 Å². The molecule has 102 valence electrons. The molecule has 0 unspecified atom stereocenters. The van der Waals surface area contributed by atoms with Gasteiger partial charge in [-0.2, -0.15) is 16.7 Å². The molecule has 1 atom stereocenters. The number of nitrogens with zero attached hydrogens (tertiary/aromatic N) is 2. The van der Waals surface area contributed by atoms with E-state index in [1.165, 1.54) is 0 Å². The Balaban J connectivity index is 2.20. The van der Waals surface area contributed by atoms with E-state index in [1.54, 1.807) is 18.9 Å². The lowest BCUT2D eigenvalue weighted by atomic mass is 10.2. The Morgan fingerprint density at radius 3 is 2.95 bits per heavy atom. The van der Waals surface area contributed by atoms with E-state index in [1.807, 2.05) is 30.5 Å². The molecular formula is C13H17N3O2S. The molecule has 0 aliphatic heterocycles. The predicted molar refractivity (Wildman–Crippen MR) is 76.2 cm³/mol. The lowest BCUT2D eigenvalue weighted by Crippen LogP contribution is -2.11. The molecule has 0 radical (unpaired) electrons. The standard InChI is InChI=1S/C13H17N3O2S/c1-17-11-6-4-3-5-9(11)12-15-13(18-16-12)10(14)7-8-19-2/h3-6,10H,7-8,14H2,1-2H3/t10-/m0/s1. The highest BCUT2D eigenvalue weighted by molar-refractivity contribution is 7.98. The van der Waals surface area contributed by atoms with Gasteiger partial charge >= 0.3 is 0 Å². The number of aromatic nitrogens is 2. The fourth-order valence-electron chi connectivity index (χ4n) is 1.69. The average molecular weight is 279 g/mol. The number of nitrogens with two attached hydrogens (primary N) is 1. The van der Waals surface area contributed by atoms with Crippen LogP contribution in [0.5, 0.6) is 5.75 Å². The van der Waals surface area contributed by atoms with Gasteiger partial charge < -0.3 is 15.0 Å². The number of thioether (sulfide) groups is 1. The number of hydrogen-bond acceptors (Lipinski definition) is 6. The summed E-state index contributed by atoms with van der Waals surface area (Å²) in [6.07, 6.45) is 2.86. The molecule has 0 amide bonds. The molecule has 1 aromatic carbocycles. The molecule has 0 saturated carbocycles. The molecule has 2 aromatic rings. The summed E-state index contributed by atoms with van der Waals surface area (Å²) in [4.78, 5) is 4.35. The first-order chi connectivity index (χ1) is 9.26. The van der Waals surface area contributed by atoms with Crippen molar-refractivity contribution in [3.05, 3.63) is 30.2 Å². The monoisotopic (exact) mass is 279 g/mol. The second kappa shape index (κ2) is 6.58. The van der Waals surface area contributed by atoms with Gasteiger partial charge in [0, 0.05) is 0 Å². The van der Waals surface area contributed by atoms with Gasteiger partial charge in [-0.15, -0.1) is 0 Å². The third kappa shape index (κ3) is 3.27. The van der Waals surface area contributed by atoms with E-state index in [2.05, 4.69) is 10.1 Å². The van der Waals surface area contributed by atoms with Crippen LogP contribution >= 0.6 is 11.8 Å². The fraction of sp³-hybridized carbons (Fsp3) is 0.385. The first kappa shape index (κ1) is 13.9.